The molecule has 1 aromatic carbocycles. The molecular formula is C14H19FN2O2. The molecular weight excluding hydrogens is 247 g/mol. The van der Waals surface area contributed by atoms with Gasteiger partial charge in [0.05, 0.1) is 13.7 Å². The molecule has 1 fully saturated rings. The first-order chi connectivity index (χ1) is 9.10. The van der Waals surface area contributed by atoms with Gasteiger partial charge in [0, 0.05) is 12.1 Å². The van der Waals surface area contributed by atoms with Gasteiger partial charge in [-0.3, -0.25) is 4.79 Å². The lowest BCUT2D eigenvalue weighted by Crippen LogP contribution is -2.36. The van der Waals surface area contributed by atoms with Gasteiger partial charge in [0.2, 0.25) is 5.91 Å². The zero-order valence-corrected chi connectivity index (χ0v) is 11.2. The summed E-state index contributed by atoms with van der Waals surface area (Å²) in [5.41, 5.74) is 0.887. The summed E-state index contributed by atoms with van der Waals surface area (Å²) >= 11 is 0. The molecule has 0 aliphatic heterocycles. The lowest BCUT2D eigenvalue weighted by atomic mass is 10.1. The van der Waals surface area contributed by atoms with Crippen LogP contribution in [-0.2, 0) is 4.79 Å². The van der Waals surface area contributed by atoms with Crippen LogP contribution in [0.25, 0.3) is 0 Å². The predicted octanol–water partition coefficient (Wildman–Crippen LogP) is 1.76. The van der Waals surface area contributed by atoms with E-state index in [4.69, 9.17) is 4.74 Å². The Bertz CT molecular complexity index is 461. The molecule has 0 aromatic heterocycles. The van der Waals surface area contributed by atoms with Crippen molar-refractivity contribution in [3.8, 4) is 5.75 Å². The lowest BCUT2D eigenvalue weighted by molar-refractivity contribution is -0.120. The van der Waals surface area contributed by atoms with Crippen molar-refractivity contribution in [3.05, 3.63) is 29.6 Å². The molecule has 1 amide bonds. The third-order valence-corrected chi connectivity index (χ3v) is 3.19. The number of carbonyl (C=O) groups is 1. The van der Waals surface area contributed by atoms with Gasteiger partial charge in [0.25, 0.3) is 0 Å². The molecule has 0 bridgehead atoms. The van der Waals surface area contributed by atoms with Gasteiger partial charge in [0.15, 0.2) is 11.6 Å². The number of halogens is 1. The van der Waals surface area contributed by atoms with E-state index in [2.05, 4.69) is 10.6 Å². The summed E-state index contributed by atoms with van der Waals surface area (Å²) in [7, 11) is 1.43. The number of hydrogen-bond donors (Lipinski definition) is 2. The Morgan fingerprint density at radius 1 is 1.53 bits per heavy atom. The normalized spacial score (nSPS) is 15.9. The molecule has 1 atom stereocenters. The van der Waals surface area contributed by atoms with Gasteiger partial charge in [-0.05, 0) is 37.5 Å². The molecule has 0 saturated heterocycles. The summed E-state index contributed by atoms with van der Waals surface area (Å²) in [6.07, 6.45) is 2.16. The molecule has 1 aromatic rings. The van der Waals surface area contributed by atoms with Crippen molar-refractivity contribution in [2.45, 2.75) is 31.8 Å². The van der Waals surface area contributed by atoms with Crippen molar-refractivity contribution >= 4 is 5.91 Å². The quantitative estimate of drug-likeness (QED) is 0.825. The molecule has 1 unspecified atom stereocenters. The van der Waals surface area contributed by atoms with Gasteiger partial charge in [-0.2, -0.15) is 0 Å². The van der Waals surface area contributed by atoms with Crippen molar-refractivity contribution in [1.29, 1.82) is 0 Å². The van der Waals surface area contributed by atoms with Gasteiger partial charge in [0.1, 0.15) is 0 Å². The van der Waals surface area contributed by atoms with E-state index in [1.54, 1.807) is 12.1 Å². The Hall–Kier alpha value is -1.62. The van der Waals surface area contributed by atoms with E-state index >= 15 is 0 Å². The molecule has 0 heterocycles. The molecule has 0 radical (unpaired) electrons. The van der Waals surface area contributed by atoms with Crippen LogP contribution in [0.15, 0.2) is 18.2 Å². The van der Waals surface area contributed by atoms with Crippen molar-refractivity contribution < 1.29 is 13.9 Å². The summed E-state index contributed by atoms with van der Waals surface area (Å²) in [5, 5.41) is 6.02. The maximum absolute atomic E-state index is 13.3. The van der Waals surface area contributed by atoms with Gasteiger partial charge in [-0.25, -0.2) is 4.39 Å². The number of methoxy groups -OCH3 is 1. The summed E-state index contributed by atoms with van der Waals surface area (Å²) in [5.74, 6) is -0.165. The smallest absolute Gasteiger partial charge is 0.234 e. The maximum atomic E-state index is 13.3. The third-order valence-electron chi connectivity index (χ3n) is 3.19. The Morgan fingerprint density at radius 3 is 2.89 bits per heavy atom. The fourth-order valence-electron chi connectivity index (χ4n) is 1.82. The van der Waals surface area contributed by atoms with Crippen molar-refractivity contribution in [1.82, 2.24) is 10.6 Å². The van der Waals surface area contributed by atoms with E-state index in [1.165, 1.54) is 13.2 Å². The molecule has 1 aliphatic rings. The Labute approximate surface area is 112 Å². The van der Waals surface area contributed by atoms with Crippen molar-refractivity contribution in [2.24, 2.45) is 0 Å². The van der Waals surface area contributed by atoms with E-state index in [-0.39, 0.29) is 30.1 Å². The minimum absolute atomic E-state index is 0.00317. The van der Waals surface area contributed by atoms with Crippen LogP contribution in [0, 0.1) is 5.82 Å². The Balaban J connectivity index is 1.87. The topological polar surface area (TPSA) is 50.4 Å². The second-order valence-electron chi connectivity index (χ2n) is 4.84. The molecule has 2 rings (SSSR count). The van der Waals surface area contributed by atoms with E-state index in [1.807, 2.05) is 6.92 Å². The second kappa shape index (κ2) is 6.02. The maximum Gasteiger partial charge on any atom is 0.234 e. The first-order valence-corrected chi connectivity index (χ1v) is 6.46. The molecule has 1 saturated carbocycles. The zero-order valence-electron chi connectivity index (χ0n) is 11.2. The number of rotatable bonds is 6. The average Bonchev–Trinajstić information content (AvgIpc) is 3.20. The zero-order chi connectivity index (χ0) is 13.8. The Kier molecular flexibility index (Phi) is 4.37. The van der Waals surface area contributed by atoms with Crippen LogP contribution in [0.5, 0.6) is 5.75 Å². The molecule has 5 heteroatoms. The predicted molar refractivity (Wildman–Crippen MR) is 70.5 cm³/mol. The minimum Gasteiger partial charge on any atom is -0.494 e. The van der Waals surface area contributed by atoms with Crippen LogP contribution in [0.3, 0.4) is 0 Å². The molecule has 2 N–H and O–H groups in total. The van der Waals surface area contributed by atoms with Gasteiger partial charge >= 0.3 is 0 Å². The summed E-state index contributed by atoms with van der Waals surface area (Å²) in [6.45, 7) is 2.19. The summed E-state index contributed by atoms with van der Waals surface area (Å²) in [4.78, 5) is 11.5. The number of nitrogens with one attached hydrogen (secondary N) is 2. The van der Waals surface area contributed by atoms with E-state index in [9.17, 15) is 9.18 Å². The highest BCUT2D eigenvalue weighted by Gasteiger charge is 2.23. The van der Waals surface area contributed by atoms with Crippen LogP contribution in [0.1, 0.15) is 31.4 Å². The monoisotopic (exact) mass is 266 g/mol. The fourth-order valence-corrected chi connectivity index (χ4v) is 1.82. The highest BCUT2D eigenvalue weighted by Crippen LogP contribution is 2.22. The first-order valence-electron chi connectivity index (χ1n) is 6.46. The standard InChI is InChI=1S/C14H19FN2O2/c1-9(16-8-14(18)17-11-4-5-11)10-3-6-12(15)13(7-10)19-2/h3,6-7,9,11,16H,4-5,8H2,1-2H3,(H,17,18). The number of benzene rings is 1. The van der Waals surface area contributed by atoms with E-state index in [0.29, 0.717) is 6.04 Å². The highest BCUT2D eigenvalue weighted by atomic mass is 19.1. The number of hydrogen-bond acceptors (Lipinski definition) is 3. The van der Waals surface area contributed by atoms with Crippen LogP contribution in [-0.4, -0.2) is 25.6 Å². The largest absolute Gasteiger partial charge is 0.494 e. The SMILES string of the molecule is COc1cc(C(C)NCC(=O)NC2CC2)ccc1F. The molecule has 19 heavy (non-hydrogen) atoms. The van der Waals surface area contributed by atoms with E-state index in [0.717, 1.165) is 18.4 Å². The molecule has 1 aliphatic carbocycles. The molecule has 0 spiro atoms. The van der Waals surface area contributed by atoms with Gasteiger partial charge < -0.3 is 15.4 Å². The summed E-state index contributed by atoms with van der Waals surface area (Å²) in [6, 6.07) is 5.03. The summed E-state index contributed by atoms with van der Waals surface area (Å²) < 4.78 is 18.2. The average molecular weight is 266 g/mol. The van der Waals surface area contributed by atoms with Crippen LogP contribution < -0.4 is 15.4 Å². The van der Waals surface area contributed by atoms with Crippen LogP contribution >= 0.6 is 0 Å². The van der Waals surface area contributed by atoms with Crippen molar-refractivity contribution in [2.75, 3.05) is 13.7 Å². The van der Waals surface area contributed by atoms with E-state index < -0.39 is 0 Å². The van der Waals surface area contributed by atoms with Gasteiger partial charge in [-0.1, -0.05) is 6.07 Å². The third kappa shape index (κ3) is 3.92. The molecule has 4 nitrogen and oxygen atoms in total. The second-order valence-corrected chi connectivity index (χ2v) is 4.84. The molecule has 104 valence electrons. The number of amides is 1. The fraction of sp³-hybridized carbons (Fsp3) is 0.500. The van der Waals surface area contributed by atoms with Crippen molar-refractivity contribution in [3.63, 3.8) is 0 Å². The van der Waals surface area contributed by atoms with Gasteiger partial charge in [-0.15, -0.1) is 0 Å². The highest BCUT2D eigenvalue weighted by molar-refractivity contribution is 5.78. The first kappa shape index (κ1) is 13.8. The number of ether oxygens (including phenoxy) is 1. The Morgan fingerprint density at radius 2 is 2.26 bits per heavy atom. The van der Waals surface area contributed by atoms with Crippen LogP contribution in [0.4, 0.5) is 4.39 Å². The number of carbonyl (C=O) groups excluding carboxylic acids is 1. The lowest BCUT2D eigenvalue weighted by Gasteiger charge is -2.15. The van der Waals surface area contributed by atoms with Crippen LogP contribution in [0.2, 0.25) is 0 Å². The minimum atomic E-state index is -0.384.